The Morgan fingerprint density at radius 3 is 2.62 bits per heavy atom. The average Bonchev–Trinajstić information content (AvgIpc) is 2.92. The number of carbonyl (C=O) groups excluding carboxylic acids is 2. The molecule has 1 heterocycles. The van der Waals surface area contributed by atoms with Gasteiger partial charge in [-0.1, -0.05) is 43.0 Å². The Bertz CT molecular complexity index is 854. The van der Waals surface area contributed by atoms with Crippen LogP contribution < -0.4 is 16.0 Å². The van der Waals surface area contributed by atoms with Gasteiger partial charge in [-0.25, -0.2) is 9.59 Å². The number of likely N-dealkylation sites (N-methyl/N-ethyl adjacent to an activating group) is 1. The highest BCUT2D eigenvalue weighted by Gasteiger charge is 2.34. The predicted octanol–water partition coefficient (Wildman–Crippen LogP) is 3.70. The largest absolute Gasteiger partial charge is 0.453 e. The fraction of sp³-hybridized carbons (Fsp3) is 0.704. The van der Waals surface area contributed by atoms with Crippen molar-refractivity contribution >= 4 is 23.7 Å². The number of hydrogen-bond donors (Lipinski definition) is 4. The van der Waals surface area contributed by atoms with E-state index in [-0.39, 0.29) is 30.0 Å². The van der Waals surface area contributed by atoms with E-state index in [4.69, 9.17) is 16.3 Å². The first-order valence-electron chi connectivity index (χ1n) is 13.5. The summed E-state index contributed by atoms with van der Waals surface area (Å²) in [4.78, 5) is 26.6. The molecule has 0 bridgehead atoms. The van der Waals surface area contributed by atoms with Crippen molar-refractivity contribution in [2.24, 2.45) is 11.8 Å². The third-order valence-electron chi connectivity index (χ3n) is 7.48. The number of likely N-dealkylation sites (tertiary alicyclic amines) is 1. The highest BCUT2D eigenvalue weighted by atomic mass is 35.5. The number of urea groups is 1. The third kappa shape index (κ3) is 9.02. The van der Waals surface area contributed by atoms with Gasteiger partial charge in [-0.3, -0.25) is 0 Å². The molecule has 2 fully saturated rings. The third-order valence-corrected chi connectivity index (χ3v) is 7.72. The standard InChI is InChI=1S/C27H43ClN4O5/c1-29-17-23(24(33)19-8-4-3-5-9-19)31-26(34)32-14-7-11-21(18-32)25(20-10-6-12-22(28)16-20)37-15-13-30-27(35)36-2/h6,10,12,16,19,21,23-25,29,33H,3-5,7-9,11,13-15,17-18H2,1-2H3,(H,30,35)(H,31,34)/t21-,23?,24?,25+/m1/s1. The van der Waals surface area contributed by atoms with Gasteiger partial charge < -0.3 is 35.4 Å². The average molecular weight is 539 g/mol. The summed E-state index contributed by atoms with van der Waals surface area (Å²) in [6.45, 7) is 2.31. The zero-order valence-corrected chi connectivity index (χ0v) is 22.8. The molecule has 9 nitrogen and oxygen atoms in total. The Morgan fingerprint density at radius 1 is 1.16 bits per heavy atom. The maximum atomic E-state index is 13.4. The first-order valence-corrected chi connectivity index (χ1v) is 13.9. The van der Waals surface area contributed by atoms with Crippen LogP contribution in [0, 0.1) is 11.8 Å². The molecular weight excluding hydrogens is 496 g/mol. The van der Waals surface area contributed by atoms with Gasteiger partial charge in [-0.15, -0.1) is 0 Å². The van der Waals surface area contributed by atoms with Gasteiger partial charge in [0.2, 0.25) is 0 Å². The highest BCUT2D eigenvalue weighted by molar-refractivity contribution is 6.30. The molecule has 1 saturated heterocycles. The van der Waals surface area contributed by atoms with E-state index in [9.17, 15) is 14.7 Å². The van der Waals surface area contributed by atoms with Crippen molar-refractivity contribution in [1.29, 1.82) is 0 Å². The summed E-state index contributed by atoms with van der Waals surface area (Å²) in [6, 6.07) is 7.08. The molecule has 0 aromatic heterocycles. The minimum atomic E-state index is -0.567. The number of carbonyl (C=O) groups is 2. The normalized spacial score (nSPS) is 21.1. The summed E-state index contributed by atoms with van der Waals surface area (Å²) < 4.78 is 10.9. The fourth-order valence-corrected chi connectivity index (χ4v) is 5.77. The van der Waals surface area contributed by atoms with Crippen molar-refractivity contribution in [2.45, 2.75) is 63.2 Å². The van der Waals surface area contributed by atoms with Gasteiger partial charge in [0.1, 0.15) is 0 Å². The number of nitrogens with zero attached hydrogens (tertiary/aromatic N) is 1. The SMILES string of the molecule is CNCC(NC(=O)N1CCC[C@@H]([C@@H](OCCNC(=O)OC)c2cccc(Cl)c2)C1)C(O)C1CCCCC1. The molecule has 3 amide bonds. The van der Waals surface area contributed by atoms with Crippen LogP contribution in [0.5, 0.6) is 0 Å². The zero-order chi connectivity index (χ0) is 26.6. The lowest BCUT2D eigenvalue weighted by Crippen LogP contribution is -2.56. The topological polar surface area (TPSA) is 112 Å². The van der Waals surface area contributed by atoms with Crippen molar-refractivity contribution < 1.29 is 24.2 Å². The molecular formula is C27H43ClN4O5. The lowest BCUT2D eigenvalue weighted by molar-refractivity contribution is -0.00938. The van der Waals surface area contributed by atoms with Crippen molar-refractivity contribution in [3.63, 3.8) is 0 Å². The Balaban J connectivity index is 1.65. The molecule has 4 N–H and O–H groups in total. The van der Waals surface area contributed by atoms with E-state index in [1.54, 1.807) is 0 Å². The molecule has 1 aliphatic heterocycles. The molecule has 1 saturated carbocycles. The summed E-state index contributed by atoms with van der Waals surface area (Å²) >= 11 is 6.28. The van der Waals surface area contributed by atoms with Gasteiger partial charge in [0, 0.05) is 37.1 Å². The number of halogens is 1. The smallest absolute Gasteiger partial charge is 0.406 e. The second-order valence-electron chi connectivity index (χ2n) is 10.1. The molecule has 208 valence electrons. The van der Waals surface area contributed by atoms with Crippen LogP contribution in [-0.2, 0) is 9.47 Å². The van der Waals surface area contributed by atoms with Crippen LogP contribution in [0.25, 0.3) is 0 Å². The predicted molar refractivity (Wildman–Crippen MR) is 144 cm³/mol. The number of hydrogen-bond acceptors (Lipinski definition) is 6. The summed E-state index contributed by atoms with van der Waals surface area (Å²) in [5.74, 6) is 0.280. The van der Waals surface area contributed by atoms with E-state index in [0.29, 0.717) is 37.8 Å². The highest BCUT2D eigenvalue weighted by Crippen LogP contribution is 2.34. The molecule has 1 aromatic rings. The van der Waals surface area contributed by atoms with Crippen LogP contribution in [0.3, 0.4) is 0 Å². The summed E-state index contributed by atoms with van der Waals surface area (Å²) in [6.07, 6.45) is 5.89. The Hall–Kier alpha value is -2.07. The first kappa shape index (κ1) is 29.5. The summed E-state index contributed by atoms with van der Waals surface area (Å²) in [5, 5.41) is 20.6. The van der Waals surface area contributed by atoms with E-state index in [0.717, 1.165) is 44.1 Å². The number of alkyl carbamates (subject to hydrolysis) is 1. The quantitative estimate of drug-likeness (QED) is 0.320. The molecule has 37 heavy (non-hydrogen) atoms. The summed E-state index contributed by atoms with van der Waals surface area (Å²) in [5.41, 5.74) is 0.943. The van der Waals surface area contributed by atoms with Crippen molar-refractivity contribution in [1.82, 2.24) is 20.9 Å². The number of aliphatic hydroxyl groups is 1. The number of methoxy groups -OCH3 is 1. The lowest BCUT2D eigenvalue weighted by atomic mass is 9.82. The molecule has 3 rings (SSSR count). The van der Waals surface area contributed by atoms with Crippen molar-refractivity contribution in [2.75, 3.05) is 46.9 Å². The molecule has 1 aliphatic carbocycles. The number of aliphatic hydroxyl groups excluding tert-OH is 1. The van der Waals surface area contributed by atoms with E-state index in [1.807, 2.05) is 36.2 Å². The molecule has 2 aliphatic rings. The van der Waals surface area contributed by atoms with Gasteiger partial charge in [-0.05, 0) is 56.3 Å². The zero-order valence-electron chi connectivity index (χ0n) is 22.1. The molecule has 0 spiro atoms. The molecule has 1 aromatic carbocycles. The fourth-order valence-electron chi connectivity index (χ4n) is 5.57. The molecule has 0 radical (unpaired) electrons. The van der Waals surface area contributed by atoms with Crippen molar-refractivity contribution in [3.8, 4) is 0 Å². The number of ether oxygens (including phenoxy) is 2. The Labute approximate surface area is 225 Å². The van der Waals surface area contributed by atoms with Crippen LogP contribution in [0.2, 0.25) is 5.02 Å². The van der Waals surface area contributed by atoms with Crippen LogP contribution in [0.15, 0.2) is 24.3 Å². The lowest BCUT2D eigenvalue weighted by Gasteiger charge is -2.39. The van der Waals surface area contributed by atoms with E-state index < -0.39 is 12.2 Å². The second kappa shape index (κ2) is 15.4. The van der Waals surface area contributed by atoms with Crippen LogP contribution >= 0.6 is 11.6 Å². The van der Waals surface area contributed by atoms with Crippen molar-refractivity contribution in [3.05, 3.63) is 34.9 Å². The van der Waals surface area contributed by atoms with Gasteiger partial charge in [0.15, 0.2) is 0 Å². The number of piperidine rings is 1. The monoisotopic (exact) mass is 538 g/mol. The minimum absolute atomic E-state index is 0.0575. The second-order valence-corrected chi connectivity index (χ2v) is 10.6. The van der Waals surface area contributed by atoms with Gasteiger partial charge in [0.25, 0.3) is 0 Å². The minimum Gasteiger partial charge on any atom is -0.453 e. The number of rotatable bonds is 11. The maximum absolute atomic E-state index is 13.4. The Morgan fingerprint density at radius 2 is 1.92 bits per heavy atom. The van der Waals surface area contributed by atoms with Crippen LogP contribution in [0.4, 0.5) is 9.59 Å². The molecule has 4 atom stereocenters. The first-order chi connectivity index (χ1) is 17.9. The molecule has 10 heteroatoms. The van der Waals surface area contributed by atoms with E-state index in [2.05, 4.69) is 20.7 Å². The Kier molecular flexibility index (Phi) is 12.2. The number of amides is 3. The van der Waals surface area contributed by atoms with E-state index >= 15 is 0 Å². The van der Waals surface area contributed by atoms with Gasteiger partial charge in [0.05, 0.1) is 32.0 Å². The van der Waals surface area contributed by atoms with Gasteiger partial charge in [-0.2, -0.15) is 0 Å². The van der Waals surface area contributed by atoms with Crippen LogP contribution in [-0.4, -0.2) is 81.2 Å². The van der Waals surface area contributed by atoms with E-state index in [1.165, 1.54) is 13.5 Å². The van der Waals surface area contributed by atoms with Crippen LogP contribution in [0.1, 0.15) is 56.6 Å². The van der Waals surface area contributed by atoms with Gasteiger partial charge >= 0.3 is 12.1 Å². The number of nitrogens with one attached hydrogen (secondary N) is 3. The molecule has 2 unspecified atom stereocenters. The number of benzene rings is 1. The maximum Gasteiger partial charge on any atom is 0.406 e. The summed E-state index contributed by atoms with van der Waals surface area (Å²) in [7, 11) is 3.16.